The number of anilines is 2. The molecule has 0 radical (unpaired) electrons. The molecular weight excluding hydrogens is 365 g/mol. The van der Waals surface area contributed by atoms with Gasteiger partial charge in [0.05, 0.1) is 23.1 Å². The van der Waals surface area contributed by atoms with Crippen LogP contribution >= 0.6 is 11.6 Å². The van der Waals surface area contributed by atoms with Crippen molar-refractivity contribution >= 4 is 23.0 Å². The van der Waals surface area contributed by atoms with Crippen LogP contribution in [-0.2, 0) is 12.6 Å². The van der Waals surface area contributed by atoms with Gasteiger partial charge in [0, 0.05) is 6.54 Å². The highest BCUT2D eigenvalue weighted by molar-refractivity contribution is 6.33. The van der Waals surface area contributed by atoms with Crippen LogP contribution in [0.4, 0.5) is 33.3 Å². The summed E-state index contributed by atoms with van der Waals surface area (Å²) in [5.74, 6) is -2.28. The molecule has 1 aromatic carbocycles. The van der Waals surface area contributed by atoms with Gasteiger partial charge in [-0.05, 0) is 30.5 Å². The van der Waals surface area contributed by atoms with Gasteiger partial charge in [-0.2, -0.15) is 18.4 Å². The number of halogens is 6. The first-order valence-electron chi connectivity index (χ1n) is 7.15. The number of nitriles is 1. The van der Waals surface area contributed by atoms with Gasteiger partial charge in [-0.15, -0.1) is 0 Å². The highest BCUT2D eigenvalue weighted by atomic mass is 35.5. The molecule has 0 fully saturated rings. The third-order valence-corrected chi connectivity index (χ3v) is 4.23. The van der Waals surface area contributed by atoms with Gasteiger partial charge < -0.3 is 4.90 Å². The molecule has 0 saturated heterocycles. The third kappa shape index (κ3) is 3.00. The second-order valence-electron chi connectivity index (χ2n) is 5.45. The van der Waals surface area contributed by atoms with Gasteiger partial charge in [0.25, 0.3) is 0 Å². The van der Waals surface area contributed by atoms with Crippen molar-refractivity contribution in [3.8, 4) is 6.07 Å². The number of aromatic nitrogens is 1. The Kier molecular flexibility index (Phi) is 4.29. The van der Waals surface area contributed by atoms with Gasteiger partial charge in [0.2, 0.25) is 0 Å². The van der Waals surface area contributed by atoms with Crippen LogP contribution in [-0.4, -0.2) is 11.5 Å². The smallest absolute Gasteiger partial charge is 0.338 e. The van der Waals surface area contributed by atoms with Gasteiger partial charge >= 0.3 is 6.18 Å². The molecule has 130 valence electrons. The van der Waals surface area contributed by atoms with E-state index < -0.39 is 28.5 Å². The number of rotatable bonds is 1. The van der Waals surface area contributed by atoms with Crippen LogP contribution in [0.2, 0.25) is 5.02 Å². The molecule has 2 heterocycles. The fourth-order valence-electron chi connectivity index (χ4n) is 2.87. The molecule has 1 aliphatic heterocycles. The summed E-state index contributed by atoms with van der Waals surface area (Å²) in [5.41, 5.74) is -1.02. The molecule has 25 heavy (non-hydrogen) atoms. The van der Waals surface area contributed by atoms with Crippen LogP contribution in [0.25, 0.3) is 0 Å². The Morgan fingerprint density at radius 1 is 1.24 bits per heavy atom. The zero-order chi connectivity index (χ0) is 18.4. The van der Waals surface area contributed by atoms with E-state index in [9.17, 15) is 27.2 Å². The van der Waals surface area contributed by atoms with Crippen molar-refractivity contribution in [2.75, 3.05) is 11.4 Å². The zero-order valence-corrected chi connectivity index (χ0v) is 13.2. The minimum Gasteiger partial charge on any atom is -0.338 e. The van der Waals surface area contributed by atoms with E-state index in [1.165, 1.54) is 11.0 Å². The molecule has 3 rings (SSSR count). The quantitative estimate of drug-likeness (QED) is 0.661. The number of pyridine rings is 1. The maximum absolute atomic E-state index is 14.1. The lowest BCUT2D eigenvalue weighted by atomic mass is 9.97. The van der Waals surface area contributed by atoms with E-state index in [2.05, 4.69) is 4.98 Å². The first-order valence-corrected chi connectivity index (χ1v) is 7.53. The van der Waals surface area contributed by atoms with Crippen molar-refractivity contribution in [3.05, 3.63) is 51.8 Å². The lowest BCUT2D eigenvalue weighted by Gasteiger charge is -2.32. The molecule has 0 saturated carbocycles. The third-order valence-electron chi connectivity index (χ3n) is 3.87. The molecule has 3 nitrogen and oxygen atoms in total. The van der Waals surface area contributed by atoms with Gasteiger partial charge in [0.15, 0.2) is 11.5 Å². The number of nitrogens with zero attached hydrogens (tertiary/aromatic N) is 3. The van der Waals surface area contributed by atoms with Crippen molar-refractivity contribution in [2.24, 2.45) is 0 Å². The number of hydrogen-bond donors (Lipinski definition) is 0. The van der Waals surface area contributed by atoms with Crippen LogP contribution in [0.1, 0.15) is 23.2 Å². The molecule has 0 amide bonds. The molecule has 0 N–H and O–H groups in total. The van der Waals surface area contributed by atoms with E-state index >= 15 is 0 Å². The molecule has 1 aliphatic rings. The number of fused-ring (bicyclic) bond motifs is 1. The molecule has 0 bridgehead atoms. The summed E-state index contributed by atoms with van der Waals surface area (Å²) in [6.07, 6.45) is -3.16. The molecule has 0 spiro atoms. The molecule has 0 atom stereocenters. The molecule has 2 aromatic rings. The van der Waals surface area contributed by atoms with Crippen LogP contribution in [0, 0.1) is 23.0 Å². The maximum atomic E-state index is 14.1. The number of benzene rings is 1. The van der Waals surface area contributed by atoms with Crippen LogP contribution in [0.3, 0.4) is 0 Å². The van der Waals surface area contributed by atoms with E-state index in [4.69, 9.17) is 11.6 Å². The summed E-state index contributed by atoms with van der Waals surface area (Å²) in [6.45, 7) is 0.277. The fourth-order valence-corrected chi connectivity index (χ4v) is 3.11. The first-order chi connectivity index (χ1) is 11.7. The summed E-state index contributed by atoms with van der Waals surface area (Å²) >= 11 is 5.82. The Bertz CT molecular complexity index is 889. The Balaban J connectivity index is 2.18. The highest BCUT2D eigenvalue weighted by Gasteiger charge is 2.38. The minimum absolute atomic E-state index is 0.00827. The fraction of sp³-hybridized carbons (Fsp3) is 0.250. The number of alkyl halides is 3. The summed E-state index contributed by atoms with van der Waals surface area (Å²) in [6, 6.07) is 4.10. The van der Waals surface area contributed by atoms with E-state index in [0.717, 1.165) is 12.3 Å². The van der Waals surface area contributed by atoms with Gasteiger partial charge in [-0.3, -0.25) is 0 Å². The number of aryl methyl sites for hydroxylation is 1. The van der Waals surface area contributed by atoms with Crippen LogP contribution in [0.5, 0.6) is 0 Å². The summed E-state index contributed by atoms with van der Waals surface area (Å²) in [4.78, 5) is 4.55. The van der Waals surface area contributed by atoms with Crippen molar-refractivity contribution in [1.29, 1.82) is 5.26 Å². The first kappa shape index (κ1) is 17.4. The SMILES string of the molecule is N#Cc1cc(F)cc2c1N(c1cnc(C(F)(F)F)c(F)c1Cl)CCC2. The normalized spacial score (nSPS) is 14.2. The summed E-state index contributed by atoms with van der Waals surface area (Å²) < 4.78 is 65.9. The second kappa shape index (κ2) is 6.15. The average molecular weight is 374 g/mol. The highest BCUT2D eigenvalue weighted by Crippen LogP contribution is 2.42. The average Bonchev–Trinajstić information content (AvgIpc) is 2.54. The summed E-state index contributed by atoms with van der Waals surface area (Å²) in [5, 5.41) is 8.50. The maximum Gasteiger partial charge on any atom is 0.436 e. The van der Waals surface area contributed by atoms with Crippen molar-refractivity contribution in [3.63, 3.8) is 0 Å². The van der Waals surface area contributed by atoms with E-state index in [1.54, 1.807) is 0 Å². The lowest BCUT2D eigenvalue weighted by Crippen LogP contribution is -2.27. The second-order valence-corrected chi connectivity index (χ2v) is 5.82. The largest absolute Gasteiger partial charge is 0.436 e. The summed E-state index contributed by atoms with van der Waals surface area (Å²) in [7, 11) is 0. The Labute approximate surface area is 144 Å². The lowest BCUT2D eigenvalue weighted by molar-refractivity contribution is -0.143. The van der Waals surface area contributed by atoms with Crippen LogP contribution in [0.15, 0.2) is 18.3 Å². The zero-order valence-electron chi connectivity index (χ0n) is 12.5. The standard InChI is InChI=1S/C16H9ClF5N3/c17-12-11(7-24-15(13(12)19)16(20,21)22)25-3-1-2-8-4-10(18)5-9(6-23)14(8)25/h4-5,7H,1-3H2. The Hall–Kier alpha value is -2.40. The molecule has 0 unspecified atom stereocenters. The van der Waals surface area contributed by atoms with Crippen molar-refractivity contribution in [1.82, 2.24) is 4.98 Å². The molecular formula is C16H9ClF5N3. The molecule has 1 aromatic heterocycles. The predicted octanol–water partition coefficient (Wildman–Crippen LogP) is 4.99. The van der Waals surface area contributed by atoms with E-state index in [1.807, 2.05) is 6.07 Å². The van der Waals surface area contributed by atoms with Crippen LogP contribution < -0.4 is 4.90 Å². The van der Waals surface area contributed by atoms with Crippen molar-refractivity contribution in [2.45, 2.75) is 19.0 Å². The van der Waals surface area contributed by atoms with Gasteiger partial charge in [0.1, 0.15) is 16.9 Å². The molecule has 0 aliphatic carbocycles. The number of hydrogen-bond acceptors (Lipinski definition) is 3. The van der Waals surface area contributed by atoms with E-state index in [0.29, 0.717) is 24.1 Å². The van der Waals surface area contributed by atoms with Gasteiger partial charge in [-0.1, -0.05) is 11.6 Å². The Morgan fingerprint density at radius 3 is 2.60 bits per heavy atom. The Morgan fingerprint density at radius 2 is 1.96 bits per heavy atom. The predicted molar refractivity (Wildman–Crippen MR) is 80.6 cm³/mol. The molecule has 9 heteroatoms. The van der Waals surface area contributed by atoms with Gasteiger partial charge in [-0.25, -0.2) is 13.8 Å². The topological polar surface area (TPSA) is 39.9 Å². The monoisotopic (exact) mass is 373 g/mol. The van der Waals surface area contributed by atoms with Crippen molar-refractivity contribution < 1.29 is 22.0 Å². The van der Waals surface area contributed by atoms with E-state index in [-0.39, 0.29) is 17.8 Å². The minimum atomic E-state index is -4.98.